The van der Waals surface area contributed by atoms with Crippen molar-refractivity contribution in [2.45, 2.75) is 30.3 Å². The van der Waals surface area contributed by atoms with Gasteiger partial charge in [0.1, 0.15) is 11.5 Å². The lowest BCUT2D eigenvalue weighted by atomic mass is 10.0. The summed E-state index contributed by atoms with van der Waals surface area (Å²) in [7, 11) is -0.656. The normalized spacial score (nSPS) is 15.1. The van der Waals surface area contributed by atoms with Gasteiger partial charge in [0, 0.05) is 36.8 Å². The molecule has 4 rings (SSSR count). The van der Waals surface area contributed by atoms with Crippen LogP contribution in [0.25, 0.3) is 0 Å². The minimum atomic E-state index is -3.80. The van der Waals surface area contributed by atoms with E-state index < -0.39 is 10.0 Å². The topological polar surface area (TPSA) is 59.1 Å². The minimum Gasteiger partial charge on any atom is -0.497 e. The van der Waals surface area contributed by atoms with Gasteiger partial charge in [-0.15, -0.1) is 0 Å². The molecule has 1 aliphatic rings. The predicted molar refractivity (Wildman–Crippen MR) is 135 cm³/mol. The van der Waals surface area contributed by atoms with Crippen molar-refractivity contribution < 1.29 is 17.9 Å². The quantitative estimate of drug-likeness (QED) is 0.424. The molecular formula is C26H29ClN2O4S. The molecule has 3 aromatic rings. The Morgan fingerprint density at radius 3 is 2.18 bits per heavy atom. The first-order chi connectivity index (χ1) is 16.4. The molecule has 1 fully saturated rings. The van der Waals surface area contributed by atoms with E-state index in [2.05, 4.69) is 4.90 Å². The smallest absolute Gasteiger partial charge is 0.264 e. The molecule has 180 valence electrons. The van der Waals surface area contributed by atoms with E-state index in [1.165, 1.54) is 5.56 Å². The Morgan fingerprint density at radius 1 is 0.912 bits per heavy atom. The summed E-state index contributed by atoms with van der Waals surface area (Å²) in [5, 5.41) is 0.722. The number of methoxy groups -OCH3 is 2. The fraction of sp³-hybridized carbons (Fsp3) is 0.308. The Kier molecular flexibility index (Phi) is 7.66. The number of sulfonamides is 1. The Balaban J connectivity index is 1.59. The van der Waals surface area contributed by atoms with Gasteiger partial charge in [-0.1, -0.05) is 29.8 Å². The summed E-state index contributed by atoms with van der Waals surface area (Å²) in [6, 6.07) is 21.5. The summed E-state index contributed by atoms with van der Waals surface area (Å²) in [4.78, 5) is 2.59. The zero-order chi connectivity index (χ0) is 24.1. The largest absolute Gasteiger partial charge is 0.497 e. The van der Waals surface area contributed by atoms with Crippen LogP contribution in [0.3, 0.4) is 0 Å². The SMILES string of the molecule is COc1ccc(S(=O)(=O)N(c2cccc(OC)c2)C2CCN(Cc3ccc(Cl)cc3)CC2)cc1. The second-order valence-electron chi connectivity index (χ2n) is 8.31. The maximum absolute atomic E-state index is 13.9. The molecule has 1 saturated heterocycles. The number of nitrogens with zero attached hydrogens (tertiary/aromatic N) is 2. The van der Waals surface area contributed by atoms with Crippen LogP contribution in [0.15, 0.2) is 77.7 Å². The molecule has 0 atom stereocenters. The number of piperidine rings is 1. The molecule has 0 aromatic heterocycles. The summed E-state index contributed by atoms with van der Waals surface area (Å²) in [5.74, 6) is 1.23. The molecule has 0 unspecified atom stereocenters. The van der Waals surface area contributed by atoms with Crippen LogP contribution in [-0.2, 0) is 16.6 Å². The zero-order valence-electron chi connectivity index (χ0n) is 19.4. The van der Waals surface area contributed by atoms with Crippen LogP contribution in [-0.4, -0.2) is 46.7 Å². The van der Waals surface area contributed by atoms with Gasteiger partial charge in [0.15, 0.2) is 0 Å². The van der Waals surface area contributed by atoms with Crippen LogP contribution in [0.1, 0.15) is 18.4 Å². The molecule has 0 aliphatic carbocycles. The first-order valence-corrected chi connectivity index (χ1v) is 13.0. The maximum Gasteiger partial charge on any atom is 0.264 e. The molecule has 1 heterocycles. The van der Waals surface area contributed by atoms with Gasteiger partial charge in [0.05, 0.1) is 24.8 Å². The Labute approximate surface area is 206 Å². The molecule has 0 amide bonds. The van der Waals surface area contributed by atoms with Crippen molar-refractivity contribution in [3.63, 3.8) is 0 Å². The van der Waals surface area contributed by atoms with Crippen LogP contribution in [0, 0.1) is 0 Å². The lowest BCUT2D eigenvalue weighted by molar-refractivity contribution is 0.206. The molecular weight excluding hydrogens is 472 g/mol. The van der Waals surface area contributed by atoms with Gasteiger partial charge in [-0.2, -0.15) is 0 Å². The second-order valence-corrected chi connectivity index (χ2v) is 10.6. The van der Waals surface area contributed by atoms with E-state index in [1.54, 1.807) is 48.9 Å². The highest BCUT2D eigenvalue weighted by Crippen LogP contribution is 2.33. The highest BCUT2D eigenvalue weighted by Gasteiger charge is 2.34. The summed E-state index contributed by atoms with van der Waals surface area (Å²) in [6.45, 7) is 2.41. The summed E-state index contributed by atoms with van der Waals surface area (Å²) in [5.41, 5.74) is 1.80. The van der Waals surface area contributed by atoms with Crippen LogP contribution in [0.5, 0.6) is 11.5 Å². The number of anilines is 1. The van der Waals surface area contributed by atoms with Crippen molar-refractivity contribution in [1.29, 1.82) is 0 Å². The summed E-state index contributed by atoms with van der Waals surface area (Å²) < 4.78 is 39.9. The molecule has 0 spiro atoms. The molecule has 0 bridgehead atoms. The van der Waals surface area contributed by atoms with Gasteiger partial charge in [-0.3, -0.25) is 9.21 Å². The lowest BCUT2D eigenvalue weighted by Gasteiger charge is -2.39. The molecule has 8 heteroatoms. The third kappa shape index (κ3) is 5.49. The third-order valence-electron chi connectivity index (χ3n) is 6.13. The maximum atomic E-state index is 13.9. The first kappa shape index (κ1) is 24.4. The Morgan fingerprint density at radius 2 is 1.56 bits per heavy atom. The van der Waals surface area contributed by atoms with Gasteiger partial charge in [0.25, 0.3) is 10.0 Å². The third-order valence-corrected chi connectivity index (χ3v) is 8.28. The Hall–Kier alpha value is -2.74. The lowest BCUT2D eigenvalue weighted by Crippen LogP contribution is -2.47. The zero-order valence-corrected chi connectivity index (χ0v) is 20.9. The van der Waals surface area contributed by atoms with Crippen LogP contribution in [0.4, 0.5) is 5.69 Å². The van der Waals surface area contributed by atoms with Gasteiger partial charge in [-0.25, -0.2) is 8.42 Å². The molecule has 34 heavy (non-hydrogen) atoms. The van der Waals surface area contributed by atoms with Gasteiger partial charge < -0.3 is 9.47 Å². The van der Waals surface area contributed by atoms with E-state index in [9.17, 15) is 8.42 Å². The number of hydrogen-bond acceptors (Lipinski definition) is 5. The number of rotatable bonds is 8. The average Bonchev–Trinajstić information content (AvgIpc) is 2.86. The van der Waals surface area contributed by atoms with Gasteiger partial charge >= 0.3 is 0 Å². The number of halogens is 1. The van der Waals surface area contributed by atoms with Crippen molar-refractivity contribution in [2.75, 3.05) is 31.6 Å². The van der Waals surface area contributed by atoms with Crippen molar-refractivity contribution in [2.24, 2.45) is 0 Å². The molecule has 0 radical (unpaired) electrons. The van der Waals surface area contributed by atoms with E-state index in [1.807, 2.05) is 42.5 Å². The summed E-state index contributed by atoms with van der Waals surface area (Å²) in [6.07, 6.45) is 1.44. The fourth-order valence-electron chi connectivity index (χ4n) is 4.31. The molecule has 0 saturated carbocycles. The van der Waals surface area contributed by atoms with E-state index in [-0.39, 0.29) is 10.9 Å². The van der Waals surface area contributed by atoms with Crippen molar-refractivity contribution >= 4 is 27.3 Å². The highest BCUT2D eigenvalue weighted by molar-refractivity contribution is 7.92. The first-order valence-electron chi connectivity index (χ1n) is 11.2. The van der Waals surface area contributed by atoms with Crippen molar-refractivity contribution in [3.05, 3.63) is 83.4 Å². The van der Waals surface area contributed by atoms with Gasteiger partial charge in [-0.05, 0) is 66.9 Å². The highest BCUT2D eigenvalue weighted by atomic mass is 35.5. The van der Waals surface area contributed by atoms with E-state index in [0.29, 0.717) is 17.2 Å². The van der Waals surface area contributed by atoms with Gasteiger partial charge in [0.2, 0.25) is 0 Å². The number of hydrogen-bond donors (Lipinski definition) is 0. The number of ether oxygens (including phenoxy) is 2. The molecule has 6 nitrogen and oxygen atoms in total. The molecule has 3 aromatic carbocycles. The van der Waals surface area contributed by atoms with E-state index in [0.717, 1.165) is 37.5 Å². The number of benzene rings is 3. The monoisotopic (exact) mass is 500 g/mol. The standard InChI is InChI=1S/C26H29ClN2O4S/c1-32-24-10-12-26(13-11-24)34(30,31)29(23-4-3-5-25(18-23)33-2)22-14-16-28(17-15-22)19-20-6-8-21(27)9-7-20/h3-13,18,22H,14-17,19H2,1-2H3. The second kappa shape index (κ2) is 10.7. The van der Waals surface area contributed by atoms with Crippen LogP contribution in [0.2, 0.25) is 5.02 Å². The average molecular weight is 501 g/mol. The fourth-order valence-corrected chi connectivity index (χ4v) is 6.14. The van der Waals surface area contributed by atoms with Crippen molar-refractivity contribution in [3.8, 4) is 11.5 Å². The minimum absolute atomic E-state index is 0.166. The summed E-state index contributed by atoms with van der Waals surface area (Å²) >= 11 is 6.01. The van der Waals surface area contributed by atoms with Crippen LogP contribution < -0.4 is 13.8 Å². The molecule has 1 aliphatic heterocycles. The van der Waals surface area contributed by atoms with Crippen molar-refractivity contribution in [1.82, 2.24) is 4.90 Å². The predicted octanol–water partition coefficient (Wildman–Crippen LogP) is 5.22. The Bertz CT molecular complexity index is 1190. The van der Waals surface area contributed by atoms with Crippen LogP contribution >= 0.6 is 11.6 Å². The number of likely N-dealkylation sites (tertiary alicyclic amines) is 1. The molecule has 0 N–H and O–H groups in total. The van der Waals surface area contributed by atoms with E-state index >= 15 is 0 Å². The van der Waals surface area contributed by atoms with E-state index in [4.69, 9.17) is 21.1 Å².